The van der Waals surface area contributed by atoms with Crippen LogP contribution < -0.4 is 10.0 Å². The first-order valence-corrected chi connectivity index (χ1v) is 13.0. The van der Waals surface area contributed by atoms with Crippen molar-refractivity contribution in [2.24, 2.45) is 0 Å². The lowest BCUT2D eigenvalue weighted by molar-refractivity contribution is -0.119. The summed E-state index contributed by atoms with van der Waals surface area (Å²) < 4.78 is 53.0. The average Bonchev–Trinajstić information content (AvgIpc) is 3.10. The Morgan fingerprint density at radius 3 is 2.09 bits per heavy atom. The maximum Gasteiger partial charge on any atom is 0.264 e. The second-order valence-corrected chi connectivity index (χ2v) is 11.7. The minimum absolute atomic E-state index is 0.0157. The number of alkyl halides is 1. The lowest BCUT2D eigenvalue weighted by Crippen LogP contribution is -2.43. The van der Waals surface area contributed by atoms with E-state index in [2.05, 4.69) is 5.32 Å². The number of carbonyl (C=O) groups is 2. The molecule has 0 spiro atoms. The highest BCUT2D eigenvalue weighted by atomic mass is 35.5. The number of anilines is 1. The second kappa shape index (κ2) is 9.36. The van der Waals surface area contributed by atoms with Gasteiger partial charge in [-0.1, -0.05) is 11.6 Å². The van der Waals surface area contributed by atoms with Crippen LogP contribution in [0, 0.1) is 0 Å². The van der Waals surface area contributed by atoms with E-state index < -0.39 is 43.3 Å². The highest BCUT2D eigenvalue weighted by Gasteiger charge is 2.43. The van der Waals surface area contributed by atoms with Gasteiger partial charge < -0.3 is 5.32 Å². The Bertz CT molecular complexity index is 1230. The molecule has 2 N–H and O–H groups in total. The molecule has 2 amide bonds. The fourth-order valence-electron chi connectivity index (χ4n) is 3.19. The summed E-state index contributed by atoms with van der Waals surface area (Å²) >= 11 is 12.0. The molecule has 172 valence electrons. The number of amides is 2. The third kappa shape index (κ3) is 5.41. The maximum absolute atomic E-state index is 13.0. The van der Waals surface area contributed by atoms with E-state index in [1.165, 1.54) is 48.5 Å². The summed E-state index contributed by atoms with van der Waals surface area (Å²) in [7, 11) is -8.02. The molecule has 1 fully saturated rings. The topological polar surface area (TPSA) is 130 Å². The summed E-state index contributed by atoms with van der Waals surface area (Å²) in [6, 6.07) is 9.61. The van der Waals surface area contributed by atoms with Gasteiger partial charge in [-0.25, -0.2) is 21.6 Å². The van der Waals surface area contributed by atoms with Gasteiger partial charge in [0, 0.05) is 29.6 Å². The first kappa shape index (κ1) is 24.5. The summed E-state index contributed by atoms with van der Waals surface area (Å²) in [5.74, 6) is -1.34. The zero-order valence-corrected chi connectivity index (χ0v) is 19.8. The molecule has 2 atom stereocenters. The average molecular weight is 520 g/mol. The van der Waals surface area contributed by atoms with Crippen LogP contribution >= 0.6 is 23.2 Å². The van der Waals surface area contributed by atoms with Gasteiger partial charge in [0.05, 0.1) is 9.79 Å². The molecule has 9 nitrogen and oxygen atoms in total. The summed E-state index contributed by atoms with van der Waals surface area (Å²) in [6.45, 7) is 1.03. The van der Waals surface area contributed by atoms with Gasteiger partial charge in [0.2, 0.25) is 21.8 Å². The number of halogens is 2. The van der Waals surface area contributed by atoms with Gasteiger partial charge in [-0.05, 0) is 55.0 Å². The molecule has 13 heteroatoms. The van der Waals surface area contributed by atoms with Crippen LogP contribution in [0.15, 0.2) is 58.3 Å². The largest absolute Gasteiger partial charge is 0.325 e. The van der Waals surface area contributed by atoms with E-state index in [1.54, 1.807) is 0 Å². The summed E-state index contributed by atoms with van der Waals surface area (Å²) in [5.41, 5.74) is 0.249. The van der Waals surface area contributed by atoms with Crippen molar-refractivity contribution >= 4 is 60.8 Å². The van der Waals surface area contributed by atoms with E-state index in [4.69, 9.17) is 23.2 Å². The fourth-order valence-corrected chi connectivity index (χ4v) is 6.35. The van der Waals surface area contributed by atoms with E-state index in [1.807, 2.05) is 4.72 Å². The maximum atomic E-state index is 13.0. The molecular formula is C19H19Cl2N3O6S2. The van der Waals surface area contributed by atoms with Crippen LogP contribution in [0.2, 0.25) is 5.02 Å². The molecule has 0 aromatic heterocycles. The predicted octanol–water partition coefficient (Wildman–Crippen LogP) is 2.17. The van der Waals surface area contributed by atoms with E-state index in [-0.39, 0.29) is 28.4 Å². The molecule has 1 aliphatic heterocycles. The van der Waals surface area contributed by atoms with Gasteiger partial charge >= 0.3 is 0 Å². The van der Waals surface area contributed by atoms with E-state index >= 15 is 0 Å². The summed E-state index contributed by atoms with van der Waals surface area (Å²) in [5, 5.41) is 2.40. The van der Waals surface area contributed by atoms with Crippen molar-refractivity contribution in [3.05, 3.63) is 53.6 Å². The van der Waals surface area contributed by atoms with Crippen molar-refractivity contribution in [1.29, 1.82) is 0 Å². The molecule has 0 aliphatic carbocycles. The molecule has 3 rings (SSSR count). The molecule has 2 aromatic rings. The van der Waals surface area contributed by atoms with Gasteiger partial charge in [-0.3, -0.25) is 9.59 Å². The lowest BCUT2D eigenvalue weighted by Gasteiger charge is -2.23. The van der Waals surface area contributed by atoms with E-state index in [9.17, 15) is 26.4 Å². The van der Waals surface area contributed by atoms with Crippen molar-refractivity contribution in [3.63, 3.8) is 0 Å². The Hall–Kier alpha value is -2.18. The smallest absolute Gasteiger partial charge is 0.264 e. The van der Waals surface area contributed by atoms with Gasteiger partial charge in [-0.15, -0.1) is 11.6 Å². The predicted molar refractivity (Wildman–Crippen MR) is 119 cm³/mol. The van der Waals surface area contributed by atoms with Crippen LogP contribution in [0.4, 0.5) is 5.69 Å². The van der Waals surface area contributed by atoms with Crippen molar-refractivity contribution in [3.8, 4) is 0 Å². The van der Waals surface area contributed by atoms with Crippen molar-refractivity contribution in [2.45, 2.75) is 34.6 Å². The highest BCUT2D eigenvalue weighted by molar-refractivity contribution is 7.90. The number of sulfonamides is 2. The molecule has 1 heterocycles. The number of nitrogens with zero attached hydrogens (tertiary/aromatic N) is 1. The molecule has 32 heavy (non-hydrogen) atoms. The standard InChI is InChI=1S/C19H19Cl2N3O6S2/c1-12(25)23-31(27,28)16-8-4-15(5-9-16)22-19(26)18-10-14(21)11-24(18)32(29,30)17-6-2-13(20)3-7-17/h2-9,14,18H,10-11H2,1H3,(H,22,26)(H,23,25)/t14-,18+/m0/s1. The van der Waals surface area contributed by atoms with Crippen LogP contribution in [-0.2, 0) is 29.6 Å². The van der Waals surface area contributed by atoms with Crippen LogP contribution in [0.25, 0.3) is 0 Å². The molecule has 0 radical (unpaired) electrons. The molecule has 0 saturated carbocycles. The third-order valence-electron chi connectivity index (χ3n) is 4.64. The molecule has 1 saturated heterocycles. The molecule has 1 aliphatic rings. The van der Waals surface area contributed by atoms with Crippen LogP contribution in [0.5, 0.6) is 0 Å². The zero-order chi connectivity index (χ0) is 23.7. The summed E-state index contributed by atoms with van der Waals surface area (Å²) in [4.78, 5) is 23.7. The van der Waals surface area contributed by atoms with Crippen LogP contribution in [0.1, 0.15) is 13.3 Å². The van der Waals surface area contributed by atoms with Crippen LogP contribution in [0.3, 0.4) is 0 Å². The Morgan fingerprint density at radius 2 is 1.53 bits per heavy atom. The molecule has 0 bridgehead atoms. The lowest BCUT2D eigenvalue weighted by atomic mass is 10.2. The number of benzene rings is 2. The summed E-state index contributed by atoms with van der Waals surface area (Å²) in [6.07, 6.45) is 0.106. The highest BCUT2D eigenvalue weighted by Crippen LogP contribution is 2.30. The Balaban J connectivity index is 1.79. The molecular weight excluding hydrogens is 501 g/mol. The third-order valence-corrected chi connectivity index (χ3v) is 8.54. The Morgan fingerprint density at radius 1 is 0.969 bits per heavy atom. The molecule has 2 aromatic carbocycles. The van der Waals surface area contributed by atoms with E-state index in [0.29, 0.717) is 5.02 Å². The normalized spacial score (nSPS) is 19.5. The van der Waals surface area contributed by atoms with Crippen molar-refractivity contribution < 1.29 is 26.4 Å². The second-order valence-electron chi connectivity index (χ2n) is 7.05. The quantitative estimate of drug-likeness (QED) is 0.562. The number of rotatable bonds is 6. The first-order chi connectivity index (χ1) is 14.9. The van der Waals surface area contributed by atoms with E-state index in [0.717, 1.165) is 11.2 Å². The van der Waals surface area contributed by atoms with Gasteiger partial charge in [-0.2, -0.15) is 4.31 Å². The van der Waals surface area contributed by atoms with Crippen LogP contribution in [-0.4, -0.2) is 50.9 Å². The van der Waals surface area contributed by atoms with Gasteiger partial charge in [0.25, 0.3) is 10.0 Å². The monoisotopic (exact) mass is 519 g/mol. The van der Waals surface area contributed by atoms with Gasteiger partial charge in [0.1, 0.15) is 6.04 Å². The van der Waals surface area contributed by atoms with Crippen molar-refractivity contribution in [1.82, 2.24) is 9.03 Å². The zero-order valence-electron chi connectivity index (χ0n) is 16.7. The minimum atomic E-state index is -4.02. The fraction of sp³-hybridized carbons (Fsp3) is 0.263. The number of hydrogen-bond donors (Lipinski definition) is 2. The Labute approximate surface area is 195 Å². The SMILES string of the molecule is CC(=O)NS(=O)(=O)c1ccc(NC(=O)[C@H]2C[C@H](Cl)CN2S(=O)(=O)c2ccc(Cl)cc2)cc1. The van der Waals surface area contributed by atoms with Crippen molar-refractivity contribution in [2.75, 3.05) is 11.9 Å². The number of carbonyl (C=O) groups excluding carboxylic acids is 2. The van der Waals surface area contributed by atoms with Gasteiger partial charge in [0.15, 0.2) is 0 Å². The minimum Gasteiger partial charge on any atom is -0.325 e. The molecule has 0 unspecified atom stereocenters. The number of hydrogen-bond acceptors (Lipinski definition) is 6. The number of nitrogens with one attached hydrogen (secondary N) is 2. The first-order valence-electron chi connectivity index (χ1n) is 9.26. The Kier molecular flexibility index (Phi) is 7.15.